The zero-order chi connectivity index (χ0) is 12.5. The summed E-state index contributed by atoms with van der Waals surface area (Å²) >= 11 is 0. The van der Waals surface area contributed by atoms with E-state index in [0.29, 0.717) is 13.0 Å². The van der Waals surface area contributed by atoms with Gasteiger partial charge in [0.15, 0.2) is 9.84 Å². The Morgan fingerprint density at radius 3 is 2.47 bits per heavy atom. The highest BCUT2D eigenvalue weighted by Crippen LogP contribution is 2.33. The summed E-state index contributed by atoms with van der Waals surface area (Å²) in [6.07, 6.45) is 5.00. The fraction of sp³-hybridized carbons (Fsp3) is 1.00. The molecule has 0 unspecified atom stereocenters. The zero-order valence-electron chi connectivity index (χ0n) is 10.4. The Balaban J connectivity index is 2.18. The van der Waals surface area contributed by atoms with Crippen LogP contribution in [0.3, 0.4) is 0 Å². The molecule has 0 aromatic rings. The monoisotopic (exact) mass is 262 g/mol. The van der Waals surface area contributed by atoms with E-state index in [-0.39, 0.29) is 11.9 Å². The molecule has 1 heterocycles. The van der Waals surface area contributed by atoms with E-state index in [1.54, 1.807) is 6.92 Å². The van der Waals surface area contributed by atoms with Crippen molar-refractivity contribution in [2.75, 3.05) is 13.2 Å². The fourth-order valence-electron chi connectivity index (χ4n) is 2.88. The van der Waals surface area contributed by atoms with Crippen LogP contribution in [0.4, 0.5) is 0 Å². The summed E-state index contributed by atoms with van der Waals surface area (Å²) in [5, 5.41) is 9.23. The van der Waals surface area contributed by atoms with Gasteiger partial charge in [0.25, 0.3) is 0 Å². The van der Waals surface area contributed by atoms with Crippen molar-refractivity contribution in [2.45, 2.75) is 61.5 Å². The molecule has 0 aromatic heterocycles. The average molecular weight is 262 g/mol. The minimum Gasteiger partial charge on any atom is -0.389 e. The molecule has 1 aliphatic carbocycles. The summed E-state index contributed by atoms with van der Waals surface area (Å²) in [4.78, 5) is 0. The molecule has 0 radical (unpaired) electrons. The van der Waals surface area contributed by atoms with Crippen molar-refractivity contribution in [1.29, 1.82) is 0 Å². The van der Waals surface area contributed by atoms with E-state index < -0.39 is 20.7 Å². The maximum atomic E-state index is 12.5. The first-order valence-corrected chi connectivity index (χ1v) is 8.08. The van der Waals surface area contributed by atoms with Crippen LogP contribution in [0.1, 0.15) is 45.4 Å². The van der Waals surface area contributed by atoms with Gasteiger partial charge >= 0.3 is 0 Å². The summed E-state index contributed by atoms with van der Waals surface area (Å²) in [7, 11) is -3.27. The van der Waals surface area contributed by atoms with Gasteiger partial charge in [0.2, 0.25) is 0 Å². The van der Waals surface area contributed by atoms with Gasteiger partial charge in [-0.25, -0.2) is 8.42 Å². The highest BCUT2D eigenvalue weighted by Gasteiger charge is 2.47. The highest BCUT2D eigenvalue weighted by atomic mass is 32.2. The number of rotatable bonds is 2. The molecule has 5 heteroatoms. The zero-order valence-corrected chi connectivity index (χ0v) is 11.2. The lowest BCUT2D eigenvalue weighted by atomic mass is 9.97. The molecule has 2 atom stereocenters. The Morgan fingerprint density at radius 2 is 1.88 bits per heavy atom. The third-order valence-electron chi connectivity index (χ3n) is 4.13. The molecule has 1 saturated carbocycles. The Labute approximate surface area is 103 Å². The second-order valence-corrected chi connectivity index (χ2v) is 7.93. The third-order valence-corrected chi connectivity index (χ3v) is 6.97. The normalized spacial score (nSPS) is 36.9. The first kappa shape index (κ1) is 13.3. The Bertz CT molecular complexity index is 355. The molecule has 4 nitrogen and oxygen atoms in total. The lowest BCUT2D eigenvalue weighted by molar-refractivity contribution is -0.0469. The van der Waals surface area contributed by atoms with Crippen LogP contribution >= 0.6 is 0 Å². The molecule has 100 valence electrons. The first-order chi connectivity index (χ1) is 7.94. The Kier molecular flexibility index (Phi) is 3.80. The molecule has 17 heavy (non-hydrogen) atoms. The molecule has 2 rings (SSSR count). The number of hydrogen-bond donors (Lipinski definition) is 1. The van der Waals surface area contributed by atoms with Crippen LogP contribution in [-0.2, 0) is 14.6 Å². The van der Waals surface area contributed by atoms with E-state index in [2.05, 4.69) is 0 Å². The van der Waals surface area contributed by atoms with E-state index in [1.807, 2.05) is 0 Å². The molecule has 2 fully saturated rings. The van der Waals surface area contributed by atoms with E-state index in [0.717, 1.165) is 32.1 Å². The SMILES string of the molecule is C[C@@]1(O)CCOC[C@H]1S(=O)(=O)C1CCCCC1. The van der Waals surface area contributed by atoms with Crippen molar-refractivity contribution >= 4 is 9.84 Å². The van der Waals surface area contributed by atoms with Crippen LogP contribution in [0.25, 0.3) is 0 Å². The van der Waals surface area contributed by atoms with Gasteiger partial charge in [0.05, 0.1) is 17.5 Å². The van der Waals surface area contributed by atoms with Crippen molar-refractivity contribution in [3.63, 3.8) is 0 Å². The smallest absolute Gasteiger partial charge is 0.161 e. The van der Waals surface area contributed by atoms with E-state index in [4.69, 9.17) is 4.74 Å². The highest BCUT2D eigenvalue weighted by molar-refractivity contribution is 7.92. The van der Waals surface area contributed by atoms with E-state index in [9.17, 15) is 13.5 Å². The summed E-state index contributed by atoms with van der Waals surface area (Å²) in [5.74, 6) is 0. The summed E-state index contributed by atoms with van der Waals surface area (Å²) in [6, 6.07) is 0. The van der Waals surface area contributed by atoms with Crippen molar-refractivity contribution in [3.8, 4) is 0 Å². The predicted molar refractivity (Wildman–Crippen MR) is 65.6 cm³/mol. The van der Waals surface area contributed by atoms with E-state index in [1.165, 1.54) is 0 Å². The van der Waals surface area contributed by atoms with Crippen LogP contribution < -0.4 is 0 Å². The van der Waals surface area contributed by atoms with Gasteiger partial charge in [-0.15, -0.1) is 0 Å². The van der Waals surface area contributed by atoms with Crippen molar-refractivity contribution in [1.82, 2.24) is 0 Å². The van der Waals surface area contributed by atoms with Crippen molar-refractivity contribution in [3.05, 3.63) is 0 Å². The standard InChI is InChI=1S/C12H22O4S/c1-12(13)7-8-16-9-11(12)17(14,15)10-5-3-2-4-6-10/h10-11,13H,2-9H2,1H3/t11-,12-/m1/s1. The summed E-state index contributed by atoms with van der Waals surface area (Å²) < 4.78 is 30.3. The van der Waals surface area contributed by atoms with Gasteiger partial charge in [-0.2, -0.15) is 0 Å². The molecule has 1 aliphatic heterocycles. The second kappa shape index (κ2) is 4.86. The maximum absolute atomic E-state index is 12.5. The number of sulfone groups is 1. The van der Waals surface area contributed by atoms with Crippen LogP contribution in [0, 0.1) is 0 Å². The van der Waals surface area contributed by atoms with Gasteiger partial charge in [-0.3, -0.25) is 0 Å². The lowest BCUT2D eigenvalue weighted by Gasteiger charge is -2.38. The van der Waals surface area contributed by atoms with Crippen molar-refractivity contribution < 1.29 is 18.3 Å². The van der Waals surface area contributed by atoms with Gasteiger partial charge in [-0.05, 0) is 19.8 Å². The molecule has 0 aromatic carbocycles. The molecule has 0 spiro atoms. The second-order valence-electron chi connectivity index (χ2n) is 5.52. The molecule has 1 N–H and O–H groups in total. The third kappa shape index (κ3) is 2.66. The number of hydrogen-bond acceptors (Lipinski definition) is 4. The number of ether oxygens (including phenoxy) is 1. The molecular weight excluding hydrogens is 240 g/mol. The summed E-state index contributed by atoms with van der Waals surface area (Å²) in [6.45, 7) is 2.22. The van der Waals surface area contributed by atoms with Gasteiger partial charge < -0.3 is 9.84 Å². The fourth-order valence-corrected chi connectivity index (χ4v) is 5.45. The lowest BCUT2D eigenvalue weighted by Crippen LogP contribution is -2.54. The first-order valence-electron chi connectivity index (χ1n) is 6.47. The minimum absolute atomic E-state index is 0.145. The van der Waals surface area contributed by atoms with Gasteiger partial charge in [0, 0.05) is 13.0 Å². The quantitative estimate of drug-likeness (QED) is 0.814. The Hall–Kier alpha value is -0.130. The summed E-state index contributed by atoms with van der Waals surface area (Å²) in [5.41, 5.74) is -1.13. The van der Waals surface area contributed by atoms with Crippen LogP contribution in [0.2, 0.25) is 0 Å². The maximum Gasteiger partial charge on any atom is 0.161 e. The molecule has 1 saturated heterocycles. The largest absolute Gasteiger partial charge is 0.389 e. The van der Waals surface area contributed by atoms with Crippen LogP contribution in [-0.4, -0.2) is 42.8 Å². The van der Waals surface area contributed by atoms with Gasteiger partial charge in [0.1, 0.15) is 5.25 Å². The Morgan fingerprint density at radius 1 is 1.24 bits per heavy atom. The van der Waals surface area contributed by atoms with E-state index >= 15 is 0 Å². The van der Waals surface area contributed by atoms with Crippen LogP contribution in [0.15, 0.2) is 0 Å². The minimum atomic E-state index is -3.27. The predicted octanol–water partition coefficient (Wildman–Crippen LogP) is 1.27. The number of aliphatic hydroxyl groups is 1. The van der Waals surface area contributed by atoms with Crippen molar-refractivity contribution in [2.24, 2.45) is 0 Å². The molecular formula is C12H22O4S. The average Bonchev–Trinajstić information content (AvgIpc) is 2.29. The molecule has 0 bridgehead atoms. The van der Waals surface area contributed by atoms with Gasteiger partial charge in [-0.1, -0.05) is 19.3 Å². The molecule has 2 aliphatic rings. The molecule has 0 amide bonds. The van der Waals surface area contributed by atoms with Crippen LogP contribution in [0.5, 0.6) is 0 Å². The topological polar surface area (TPSA) is 63.6 Å².